The molecule has 1 aliphatic heterocycles. The van der Waals surface area contributed by atoms with Crippen LogP contribution in [0.5, 0.6) is 0 Å². The molecule has 34 heavy (non-hydrogen) atoms. The van der Waals surface area contributed by atoms with Crippen LogP contribution >= 0.6 is 0 Å². The molecule has 3 aromatic rings. The van der Waals surface area contributed by atoms with E-state index in [0.717, 1.165) is 48.6 Å². The van der Waals surface area contributed by atoms with E-state index in [-0.39, 0.29) is 12.5 Å². The Morgan fingerprint density at radius 2 is 1.68 bits per heavy atom. The third-order valence-corrected chi connectivity index (χ3v) is 6.69. The van der Waals surface area contributed by atoms with E-state index in [0.29, 0.717) is 18.7 Å². The molecule has 2 aromatic carbocycles. The van der Waals surface area contributed by atoms with Crippen LogP contribution in [0.2, 0.25) is 0 Å². The zero-order valence-corrected chi connectivity index (χ0v) is 20.1. The first-order chi connectivity index (χ1) is 16.5. The summed E-state index contributed by atoms with van der Waals surface area (Å²) >= 11 is 0. The third-order valence-electron chi connectivity index (χ3n) is 6.69. The van der Waals surface area contributed by atoms with Gasteiger partial charge in [0.25, 0.3) is 5.91 Å². The lowest BCUT2D eigenvalue weighted by atomic mass is 10.0. The van der Waals surface area contributed by atoms with E-state index in [1.807, 2.05) is 43.3 Å². The number of hydrogen-bond donors (Lipinski definition) is 1. The van der Waals surface area contributed by atoms with Crippen molar-refractivity contribution in [3.8, 4) is 0 Å². The first kappa shape index (κ1) is 24.0. The third kappa shape index (κ3) is 5.30. The smallest absolute Gasteiger partial charge is 0.317 e. The molecule has 1 N–H and O–H groups in total. The minimum Gasteiger partial charge on any atom is -0.352 e. The second-order valence-electron chi connectivity index (χ2n) is 9.28. The number of rotatable bonds is 8. The number of piperidine rings is 1. The highest BCUT2D eigenvalue weighted by Gasteiger charge is 2.16. The van der Waals surface area contributed by atoms with Crippen molar-refractivity contribution in [3.63, 3.8) is 0 Å². The Morgan fingerprint density at radius 3 is 2.35 bits per heavy atom. The van der Waals surface area contributed by atoms with Crippen molar-refractivity contribution in [2.45, 2.75) is 46.2 Å². The molecule has 2 heterocycles. The Hall–Kier alpha value is -3.19. The van der Waals surface area contributed by atoms with E-state index in [4.69, 9.17) is 0 Å². The van der Waals surface area contributed by atoms with Gasteiger partial charge in [0.05, 0.1) is 17.6 Å². The number of nitrogens with one attached hydrogen (secondary N) is 1. The maximum absolute atomic E-state index is 12.8. The van der Waals surface area contributed by atoms with E-state index in [1.165, 1.54) is 22.0 Å². The van der Waals surface area contributed by atoms with Crippen LogP contribution in [0, 0.1) is 5.92 Å². The zero-order chi connectivity index (χ0) is 24.1. The molecule has 180 valence electrons. The summed E-state index contributed by atoms with van der Waals surface area (Å²) < 4.78 is 3.02. The number of carbonyl (C=O) groups is 1. The van der Waals surface area contributed by atoms with Gasteiger partial charge in [-0.05, 0) is 75.0 Å². The number of carbonyl (C=O) groups excluding carboxylic acids is 1. The van der Waals surface area contributed by atoms with Crippen molar-refractivity contribution in [2.24, 2.45) is 5.92 Å². The molecule has 7 heteroatoms. The quantitative estimate of drug-likeness (QED) is 0.412. The fourth-order valence-corrected chi connectivity index (χ4v) is 4.88. The SMILES string of the molecule is CCn1c(=O)c(=O)n(Cc2ccc(C(=O)NCCCN3CCCC(C)C3)cc2)c2ccccc21. The van der Waals surface area contributed by atoms with Crippen molar-refractivity contribution in [2.75, 3.05) is 26.2 Å². The van der Waals surface area contributed by atoms with Crippen LogP contribution in [0.4, 0.5) is 0 Å². The summed E-state index contributed by atoms with van der Waals surface area (Å²) in [6.45, 7) is 8.85. The standard InChI is InChI=1S/C27H34N4O3/c1-3-30-23-9-4-5-10-24(23)31(27(34)26(30)33)19-21-11-13-22(14-12-21)25(32)28-15-7-17-29-16-6-8-20(2)18-29/h4-5,9-14,20H,3,6-8,15-19H2,1-2H3,(H,28,32). The van der Waals surface area contributed by atoms with Crippen LogP contribution in [-0.2, 0) is 13.1 Å². The number of likely N-dealkylation sites (tertiary alicyclic amines) is 1. The first-order valence-electron chi connectivity index (χ1n) is 12.3. The van der Waals surface area contributed by atoms with Crippen molar-refractivity contribution in [1.82, 2.24) is 19.4 Å². The highest BCUT2D eigenvalue weighted by Crippen LogP contribution is 2.15. The molecule has 0 spiro atoms. The van der Waals surface area contributed by atoms with E-state index in [9.17, 15) is 14.4 Å². The lowest BCUT2D eigenvalue weighted by Gasteiger charge is -2.30. The van der Waals surface area contributed by atoms with Gasteiger partial charge in [-0.15, -0.1) is 0 Å². The van der Waals surface area contributed by atoms with E-state index < -0.39 is 11.1 Å². The van der Waals surface area contributed by atoms with Gasteiger partial charge in [-0.1, -0.05) is 31.2 Å². The molecule has 1 aromatic heterocycles. The van der Waals surface area contributed by atoms with Crippen LogP contribution in [0.25, 0.3) is 11.0 Å². The lowest BCUT2D eigenvalue weighted by molar-refractivity contribution is 0.0950. The largest absolute Gasteiger partial charge is 0.352 e. The molecule has 1 atom stereocenters. The molecule has 1 fully saturated rings. The zero-order valence-electron chi connectivity index (χ0n) is 20.1. The summed E-state index contributed by atoms with van der Waals surface area (Å²) in [7, 11) is 0. The van der Waals surface area contributed by atoms with Gasteiger partial charge >= 0.3 is 11.1 Å². The van der Waals surface area contributed by atoms with Crippen LogP contribution in [0.3, 0.4) is 0 Å². The minimum atomic E-state index is -0.537. The first-order valence-corrected chi connectivity index (χ1v) is 12.3. The lowest BCUT2D eigenvalue weighted by Crippen LogP contribution is -2.41. The number of benzene rings is 2. The Balaban J connectivity index is 1.39. The molecular formula is C27H34N4O3. The van der Waals surface area contributed by atoms with Crippen molar-refractivity contribution in [1.29, 1.82) is 0 Å². The molecule has 7 nitrogen and oxygen atoms in total. The van der Waals surface area contributed by atoms with E-state index in [2.05, 4.69) is 17.1 Å². The Labute approximate surface area is 200 Å². The Morgan fingerprint density at radius 1 is 1.00 bits per heavy atom. The summed E-state index contributed by atoms with van der Waals surface area (Å²) in [6.07, 6.45) is 3.52. The number of para-hydroxylation sites is 2. The topological polar surface area (TPSA) is 76.3 Å². The van der Waals surface area contributed by atoms with Crippen molar-refractivity contribution < 1.29 is 4.79 Å². The molecule has 0 aliphatic carbocycles. The molecule has 0 saturated carbocycles. The maximum Gasteiger partial charge on any atom is 0.317 e. The van der Waals surface area contributed by atoms with E-state index in [1.54, 1.807) is 12.1 Å². The van der Waals surface area contributed by atoms with Gasteiger partial charge in [0.1, 0.15) is 0 Å². The summed E-state index contributed by atoms with van der Waals surface area (Å²) in [4.78, 5) is 40.4. The van der Waals surface area contributed by atoms with Gasteiger partial charge in [0.15, 0.2) is 0 Å². The summed E-state index contributed by atoms with van der Waals surface area (Å²) in [5.41, 5.74) is 1.86. The molecule has 1 unspecified atom stereocenters. The molecular weight excluding hydrogens is 428 g/mol. The fraction of sp³-hybridized carbons (Fsp3) is 0.444. The van der Waals surface area contributed by atoms with Gasteiger partial charge in [-0.25, -0.2) is 0 Å². The summed E-state index contributed by atoms with van der Waals surface area (Å²) in [6, 6.07) is 14.7. The second kappa shape index (κ2) is 10.8. The predicted octanol–water partition coefficient (Wildman–Crippen LogP) is 3.08. The van der Waals surface area contributed by atoms with Gasteiger partial charge in [-0.2, -0.15) is 0 Å². The van der Waals surface area contributed by atoms with Crippen LogP contribution in [0.1, 0.15) is 49.0 Å². The predicted molar refractivity (Wildman–Crippen MR) is 135 cm³/mol. The number of fused-ring (bicyclic) bond motifs is 1. The maximum atomic E-state index is 12.8. The molecule has 0 radical (unpaired) electrons. The highest BCUT2D eigenvalue weighted by molar-refractivity contribution is 5.94. The molecule has 1 amide bonds. The Kier molecular flexibility index (Phi) is 7.63. The van der Waals surface area contributed by atoms with Gasteiger partial charge in [0.2, 0.25) is 0 Å². The Bertz CT molecular complexity index is 1260. The highest BCUT2D eigenvalue weighted by atomic mass is 16.2. The molecule has 4 rings (SSSR count). The second-order valence-corrected chi connectivity index (χ2v) is 9.28. The normalized spacial score (nSPS) is 16.6. The van der Waals surface area contributed by atoms with Crippen LogP contribution in [0.15, 0.2) is 58.1 Å². The average molecular weight is 463 g/mol. The van der Waals surface area contributed by atoms with Crippen LogP contribution in [-0.4, -0.2) is 46.1 Å². The molecule has 1 saturated heterocycles. The van der Waals surface area contributed by atoms with Crippen molar-refractivity contribution >= 4 is 16.9 Å². The van der Waals surface area contributed by atoms with E-state index >= 15 is 0 Å². The number of aryl methyl sites for hydroxylation is 1. The summed E-state index contributed by atoms with van der Waals surface area (Å²) in [5.74, 6) is 0.672. The van der Waals surface area contributed by atoms with Gasteiger partial charge in [0, 0.05) is 25.2 Å². The van der Waals surface area contributed by atoms with Crippen LogP contribution < -0.4 is 16.4 Å². The van der Waals surface area contributed by atoms with Gasteiger partial charge in [-0.3, -0.25) is 19.0 Å². The summed E-state index contributed by atoms with van der Waals surface area (Å²) in [5, 5.41) is 3.01. The van der Waals surface area contributed by atoms with Gasteiger partial charge < -0.3 is 14.8 Å². The minimum absolute atomic E-state index is 0.0910. The monoisotopic (exact) mass is 462 g/mol. The number of nitrogens with zero attached hydrogens (tertiary/aromatic N) is 3. The molecule has 1 aliphatic rings. The number of hydrogen-bond acceptors (Lipinski definition) is 4. The number of aromatic nitrogens is 2. The average Bonchev–Trinajstić information content (AvgIpc) is 2.85. The molecule has 0 bridgehead atoms. The van der Waals surface area contributed by atoms with Crippen molar-refractivity contribution in [3.05, 3.63) is 80.4 Å². The fourth-order valence-electron chi connectivity index (χ4n) is 4.88. The number of amides is 1.